The van der Waals surface area contributed by atoms with Crippen LogP contribution in [0, 0.1) is 0 Å². The van der Waals surface area contributed by atoms with E-state index in [0.717, 1.165) is 9.21 Å². The second-order valence-corrected chi connectivity index (χ2v) is 8.48. The molecule has 2 rings (SSSR count). The largest absolute Gasteiger partial charge is 0.383 e. The van der Waals surface area contributed by atoms with Crippen molar-refractivity contribution in [3.8, 4) is 0 Å². The highest BCUT2D eigenvalue weighted by atomic mass is 32.2. The third kappa shape index (κ3) is 3.71. The maximum Gasteiger partial charge on any atom is 0.352 e. The van der Waals surface area contributed by atoms with Gasteiger partial charge in [-0.3, -0.25) is 4.79 Å². The number of halogens is 2. The third-order valence-corrected chi connectivity index (χ3v) is 6.35. The van der Waals surface area contributed by atoms with Gasteiger partial charge in [0.1, 0.15) is 5.60 Å². The van der Waals surface area contributed by atoms with Crippen molar-refractivity contribution in [1.29, 1.82) is 0 Å². The monoisotopic (exact) mass is 369 g/mol. The molecule has 140 valence electrons. The van der Waals surface area contributed by atoms with Gasteiger partial charge in [-0.15, -0.1) is 0 Å². The molecule has 1 aliphatic carbocycles. The molecule has 1 saturated heterocycles. The van der Waals surface area contributed by atoms with E-state index < -0.39 is 27.6 Å². The van der Waals surface area contributed by atoms with E-state index in [0.29, 0.717) is 12.8 Å². The second-order valence-electron chi connectivity index (χ2n) is 6.78. The number of piperazine rings is 1. The van der Waals surface area contributed by atoms with E-state index in [-0.39, 0.29) is 45.1 Å². The number of amides is 1. The van der Waals surface area contributed by atoms with Gasteiger partial charge in [0, 0.05) is 32.2 Å². The fourth-order valence-corrected chi connectivity index (χ4v) is 4.56. The number of alkyl halides is 2. The smallest absolute Gasteiger partial charge is 0.352 e. The van der Waals surface area contributed by atoms with Gasteiger partial charge in [-0.25, -0.2) is 0 Å². The minimum atomic E-state index is -3.85. The van der Waals surface area contributed by atoms with Crippen LogP contribution in [0.5, 0.6) is 0 Å². The van der Waals surface area contributed by atoms with Crippen LogP contribution in [0.25, 0.3) is 0 Å². The SMILES string of the molecule is CC(C)NS(=O)(=O)N1CCN(C(=O)C(F)(F)C2(O)CCCC2)CC1. The van der Waals surface area contributed by atoms with Crippen LogP contribution in [-0.2, 0) is 15.0 Å². The zero-order valence-corrected chi connectivity index (χ0v) is 14.8. The minimum Gasteiger partial charge on any atom is -0.383 e. The summed E-state index contributed by atoms with van der Waals surface area (Å²) in [6, 6.07) is -0.282. The molecule has 2 aliphatic rings. The molecule has 24 heavy (non-hydrogen) atoms. The molecular formula is C14H25F2N3O4S. The Morgan fingerprint density at radius 1 is 1.17 bits per heavy atom. The lowest BCUT2D eigenvalue weighted by Crippen LogP contribution is -2.61. The summed E-state index contributed by atoms with van der Waals surface area (Å²) in [6.45, 7) is 3.01. The van der Waals surface area contributed by atoms with E-state index in [9.17, 15) is 27.1 Å². The molecular weight excluding hydrogens is 344 g/mol. The summed E-state index contributed by atoms with van der Waals surface area (Å²) < 4.78 is 56.5. The van der Waals surface area contributed by atoms with Gasteiger partial charge in [0.15, 0.2) is 0 Å². The average molecular weight is 369 g/mol. The van der Waals surface area contributed by atoms with Crippen LogP contribution in [0.1, 0.15) is 39.5 Å². The number of hydrogen-bond donors (Lipinski definition) is 2. The lowest BCUT2D eigenvalue weighted by atomic mass is 9.92. The quantitative estimate of drug-likeness (QED) is 0.730. The number of carbonyl (C=O) groups excluding carboxylic acids is 1. The molecule has 0 unspecified atom stereocenters. The molecule has 10 heteroatoms. The summed E-state index contributed by atoms with van der Waals surface area (Å²) in [5.74, 6) is -5.26. The highest BCUT2D eigenvalue weighted by Gasteiger charge is 2.60. The molecule has 7 nitrogen and oxygen atoms in total. The fourth-order valence-electron chi connectivity index (χ4n) is 3.18. The number of nitrogens with one attached hydrogen (secondary N) is 1. The average Bonchev–Trinajstić information content (AvgIpc) is 2.94. The zero-order chi connectivity index (χ0) is 18.2. The first kappa shape index (κ1) is 19.5. The Bertz CT molecular complexity index is 569. The Morgan fingerprint density at radius 2 is 1.67 bits per heavy atom. The standard InChI is InChI=1S/C14H25F2N3O4S/c1-11(2)17-24(22,23)19-9-7-18(8-10-19)12(20)14(15,16)13(21)5-3-4-6-13/h11,17,21H,3-10H2,1-2H3. The predicted molar refractivity (Wildman–Crippen MR) is 83.7 cm³/mol. The predicted octanol–water partition coefficient (Wildman–Crippen LogP) is 0.314. The molecule has 0 aromatic carbocycles. The van der Waals surface area contributed by atoms with Crippen molar-refractivity contribution in [3.63, 3.8) is 0 Å². The Kier molecular flexibility index (Phi) is 5.53. The normalized spacial score (nSPS) is 23.0. The van der Waals surface area contributed by atoms with Crippen molar-refractivity contribution < 1.29 is 27.1 Å². The van der Waals surface area contributed by atoms with Gasteiger partial charge in [0.05, 0.1) is 0 Å². The first-order chi connectivity index (χ1) is 11.0. The molecule has 0 spiro atoms. The van der Waals surface area contributed by atoms with E-state index >= 15 is 0 Å². The number of nitrogens with zero attached hydrogens (tertiary/aromatic N) is 2. The molecule has 1 aliphatic heterocycles. The van der Waals surface area contributed by atoms with Crippen LogP contribution < -0.4 is 4.72 Å². The fraction of sp³-hybridized carbons (Fsp3) is 0.929. The number of hydrogen-bond acceptors (Lipinski definition) is 4. The van der Waals surface area contributed by atoms with Crippen LogP contribution in [0.4, 0.5) is 8.78 Å². The van der Waals surface area contributed by atoms with E-state index in [1.54, 1.807) is 13.8 Å². The van der Waals surface area contributed by atoms with Crippen LogP contribution in [0.15, 0.2) is 0 Å². The van der Waals surface area contributed by atoms with Gasteiger partial charge in [-0.2, -0.15) is 26.2 Å². The number of rotatable bonds is 5. The van der Waals surface area contributed by atoms with Gasteiger partial charge in [-0.1, -0.05) is 12.8 Å². The summed E-state index contributed by atoms with van der Waals surface area (Å²) in [5.41, 5.74) is -2.29. The number of aliphatic hydroxyl groups is 1. The Morgan fingerprint density at radius 3 is 2.12 bits per heavy atom. The molecule has 0 atom stereocenters. The summed E-state index contributed by atoms with van der Waals surface area (Å²) in [6.07, 6.45) is 0.731. The summed E-state index contributed by atoms with van der Waals surface area (Å²) in [4.78, 5) is 13.1. The van der Waals surface area contributed by atoms with Gasteiger partial charge in [-0.05, 0) is 26.7 Å². The Labute approximate surface area is 141 Å². The van der Waals surface area contributed by atoms with Crippen LogP contribution in [-0.4, -0.2) is 72.4 Å². The van der Waals surface area contributed by atoms with E-state index in [2.05, 4.69) is 4.72 Å². The van der Waals surface area contributed by atoms with Gasteiger partial charge in [0.2, 0.25) is 0 Å². The Balaban J connectivity index is 2.00. The third-order valence-electron chi connectivity index (χ3n) is 4.53. The van der Waals surface area contributed by atoms with Crippen LogP contribution in [0.3, 0.4) is 0 Å². The van der Waals surface area contributed by atoms with Crippen LogP contribution in [0.2, 0.25) is 0 Å². The highest BCUT2D eigenvalue weighted by Crippen LogP contribution is 2.43. The Hall–Kier alpha value is -0.840. The van der Waals surface area contributed by atoms with Crippen molar-refractivity contribution in [2.75, 3.05) is 26.2 Å². The molecule has 0 radical (unpaired) electrons. The topological polar surface area (TPSA) is 90.0 Å². The summed E-state index contributed by atoms with van der Waals surface area (Å²) >= 11 is 0. The lowest BCUT2D eigenvalue weighted by Gasteiger charge is -2.39. The lowest BCUT2D eigenvalue weighted by molar-refractivity contribution is -0.201. The molecule has 1 saturated carbocycles. The molecule has 0 aromatic heterocycles. The maximum atomic E-state index is 14.4. The maximum absolute atomic E-state index is 14.4. The first-order valence-corrected chi connectivity index (χ1v) is 9.60. The van der Waals surface area contributed by atoms with Gasteiger partial charge >= 0.3 is 5.92 Å². The molecule has 1 heterocycles. The molecule has 1 amide bonds. The highest BCUT2D eigenvalue weighted by molar-refractivity contribution is 7.87. The first-order valence-electron chi connectivity index (χ1n) is 8.16. The molecule has 0 bridgehead atoms. The van der Waals surface area contributed by atoms with Gasteiger partial charge in [0.25, 0.3) is 16.1 Å². The molecule has 0 aromatic rings. The van der Waals surface area contributed by atoms with Crippen LogP contribution >= 0.6 is 0 Å². The van der Waals surface area contributed by atoms with Crippen molar-refractivity contribution in [1.82, 2.24) is 13.9 Å². The zero-order valence-electron chi connectivity index (χ0n) is 14.0. The van der Waals surface area contributed by atoms with Crippen molar-refractivity contribution >= 4 is 16.1 Å². The minimum absolute atomic E-state index is 0.0533. The number of carbonyl (C=O) groups is 1. The van der Waals surface area contributed by atoms with E-state index in [1.165, 1.54) is 0 Å². The van der Waals surface area contributed by atoms with Crippen molar-refractivity contribution in [3.05, 3.63) is 0 Å². The molecule has 2 N–H and O–H groups in total. The second kappa shape index (κ2) is 6.81. The summed E-state index contributed by atoms with van der Waals surface area (Å²) in [5, 5.41) is 10.1. The van der Waals surface area contributed by atoms with E-state index in [1.807, 2.05) is 0 Å². The summed E-state index contributed by atoms with van der Waals surface area (Å²) in [7, 11) is -3.69. The van der Waals surface area contributed by atoms with Crippen molar-refractivity contribution in [2.45, 2.75) is 57.1 Å². The van der Waals surface area contributed by atoms with Gasteiger partial charge < -0.3 is 10.0 Å². The van der Waals surface area contributed by atoms with E-state index in [4.69, 9.17) is 0 Å². The molecule has 2 fully saturated rings. The van der Waals surface area contributed by atoms with Crippen molar-refractivity contribution in [2.24, 2.45) is 0 Å².